The van der Waals surface area contributed by atoms with Gasteiger partial charge in [0.2, 0.25) is 6.79 Å². The Morgan fingerprint density at radius 3 is 2.80 bits per heavy atom. The Morgan fingerprint density at radius 1 is 1.17 bits per heavy atom. The van der Waals surface area contributed by atoms with Crippen molar-refractivity contribution >= 4 is 46.0 Å². The summed E-state index contributed by atoms with van der Waals surface area (Å²) < 4.78 is 22.4. The van der Waals surface area contributed by atoms with Gasteiger partial charge in [0, 0.05) is 6.07 Å². The fourth-order valence-corrected chi connectivity index (χ4v) is 4.38. The van der Waals surface area contributed by atoms with Crippen LogP contribution < -0.4 is 23.8 Å². The van der Waals surface area contributed by atoms with E-state index in [4.69, 9.17) is 31.2 Å². The molecular weight excluding hydrogens is 422 g/mol. The maximum atomic E-state index is 13.0. The zero-order valence-electron chi connectivity index (χ0n) is 16.7. The van der Waals surface area contributed by atoms with Crippen LogP contribution in [0.3, 0.4) is 0 Å². The highest BCUT2D eigenvalue weighted by Crippen LogP contribution is 2.41. The number of fused-ring (bicyclic) bond motifs is 1. The molecule has 0 aliphatic carbocycles. The van der Waals surface area contributed by atoms with Gasteiger partial charge in [-0.15, -0.1) is 0 Å². The normalized spacial score (nSPS) is 16.5. The monoisotopic (exact) mass is 443 g/mol. The molecular formula is C22H21NO5S2. The standard InChI is InChI=1S/C22H21NO5S2/c1-3-4-9-26-16-7-5-14(10-18(16)25-2)11-20-21(24)23(22(29)30-20)15-6-8-17-19(12-15)28-13-27-17/h5-8,10-12H,3-4,9,13H2,1-2H3/b20-11-. The van der Waals surface area contributed by atoms with Gasteiger partial charge in [-0.25, -0.2) is 0 Å². The second-order valence-electron chi connectivity index (χ2n) is 6.67. The van der Waals surface area contributed by atoms with Gasteiger partial charge in [-0.1, -0.05) is 43.4 Å². The molecule has 2 aromatic carbocycles. The molecule has 1 saturated heterocycles. The van der Waals surface area contributed by atoms with Crippen molar-refractivity contribution in [1.29, 1.82) is 0 Å². The number of hydrogen-bond acceptors (Lipinski definition) is 7. The molecule has 1 fully saturated rings. The maximum Gasteiger partial charge on any atom is 0.270 e. The number of nitrogens with zero attached hydrogens (tertiary/aromatic N) is 1. The zero-order chi connectivity index (χ0) is 21.1. The first kappa shape index (κ1) is 20.6. The van der Waals surface area contributed by atoms with Gasteiger partial charge >= 0.3 is 0 Å². The predicted octanol–water partition coefficient (Wildman–Crippen LogP) is 5.01. The number of ether oxygens (including phenoxy) is 4. The average Bonchev–Trinajstić information content (AvgIpc) is 3.32. The minimum absolute atomic E-state index is 0.175. The minimum Gasteiger partial charge on any atom is -0.493 e. The number of carbonyl (C=O) groups is 1. The summed E-state index contributed by atoms with van der Waals surface area (Å²) in [6.45, 7) is 2.93. The number of methoxy groups -OCH3 is 1. The SMILES string of the molecule is CCCCOc1ccc(/C=C2\SC(=S)N(c3ccc4c(c3)OCO4)C2=O)cc1OC. The van der Waals surface area contributed by atoms with Gasteiger partial charge in [0.05, 0.1) is 24.3 Å². The van der Waals surface area contributed by atoms with E-state index in [1.165, 1.54) is 16.7 Å². The molecule has 0 unspecified atom stereocenters. The number of unbranched alkanes of at least 4 members (excludes halogenated alkanes) is 1. The number of benzene rings is 2. The van der Waals surface area contributed by atoms with Crippen LogP contribution in [0.2, 0.25) is 0 Å². The van der Waals surface area contributed by atoms with Gasteiger partial charge in [0.1, 0.15) is 0 Å². The summed E-state index contributed by atoms with van der Waals surface area (Å²) in [4.78, 5) is 15.1. The van der Waals surface area contributed by atoms with E-state index in [0.717, 1.165) is 18.4 Å². The van der Waals surface area contributed by atoms with Crippen LogP contribution in [0, 0.1) is 0 Å². The summed E-state index contributed by atoms with van der Waals surface area (Å²) in [5.74, 6) is 2.41. The van der Waals surface area contributed by atoms with Crippen LogP contribution in [0.15, 0.2) is 41.3 Å². The van der Waals surface area contributed by atoms with E-state index in [0.29, 0.717) is 44.5 Å². The quantitative estimate of drug-likeness (QED) is 0.339. The molecule has 4 rings (SSSR count). The van der Waals surface area contributed by atoms with E-state index in [9.17, 15) is 4.79 Å². The first-order chi connectivity index (χ1) is 14.6. The molecule has 2 heterocycles. The summed E-state index contributed by atoms with van der Waals surface area (Å²) in [5, 5.41) is 0. The molecule has 0 radical (unpaired) electrons. The van der Waals surface area contributed by atoms with Gasteiger partial charge in [-0.2, -0.15) is 0 Å². The average molecular weight is 444 g/mol. The van der Waals surface area contributed by atoms with Crippen LogP contribution in [0.4, 0.5) is 5.69 Å². The van der Waals surface area contributed by atoms with Gasteiger partial charge in [0.25, 0.3) is 5.91 Å². The number of anilines is 1. The summed E-state index contributed by atoms with van der Waals surface area (Å²) in [6, 6.07) is 11.0. The van der Waals surface area contributed by atoms with Crippen molar-refractivity contribution in [2.24, 2.45) is 0 Å². The molecule has 2 aliphatic heterocycles. The fourth-order valence-electron chi connectivity index (χ4n) is 3.09. The van der Waals surface area contributed by atoms with E-state index < -0.39 is 0 Å². The molecule has 6 nitrogen and oxygen atoms in total. The molecule has 0 saturated carbocycles. The van der Waals surface area contributed by atoms with E-state index in [1.807, 2.05) is 24.3 Å². The number of amides is 1. The zero-order valence-corrected chi connectivity index (χ0v) is 18.3. The Morgan fingerprint density at radius 2 is 2.00 bits per heavy atom. The van der Waals surface area contributed by atoms with Crippen LogP contribution in [-0.4, -0.2) is 30.7 Å². The maximum absolute atomic E-state index is 13.0. The fraction of sp³-hybridized carbons (Fsp3) is 0.273. The van der Waals surface area contributed by atoms with Crippen molar-refractivity contribution in [3.63, 3.8) is 0 Å². The number of hydrogen-bond donors (Lipinski definition) is 0. The Labute approximate surface area is 184 Å². The second kappa shape index (κ2) is 8.97. The lowest BCUT2D eigenvalue weighted by atomic mass is 10.1. The Balaban J connectivity index is 1.56. The van der Waals surface area contributed by atoms with E-state index in [2.05, 4.69) is 6.92 Å². The lowest BCUT2D eigenvalue weighted by molar-refractivity contribution is -0.113. The van der Waals surface area contributed by atoms with Crippen LogP contribution in [0.25, 0.3) is 6.08 Å². The Bertz CT molecular complexity index is 1020. The van der Waals surface area contributed by atoms with Crippen LogP contribution >= 0.6 is 24.0 Å². The largest absolute Gasteiger partial charge is 0.493 e. The van der Waals surface area contributed by atoms with Crippen molar-refractivity contribution in [3.8, 4) is 23.0 Å². The van der Waals surface area contributed by atoms with E-state index in [-0.39, 0.29) is 12.7 Å². The highest BCUT2D eigenvalue weighted by atomic mass is 32.2. The van der Waals surface area contributed by atoms with Crippen molar-refractivity contribution in [3.05, 3.63) is 46.9 Å². The molecule has 0 bridgehead atoms. The summed E-state index contributed by atoms with van der Waals surface area (Å²) in [7, 11) is 1.60. The molecule has 2 aliphatic rings. The topological polar surface area (TPSA) is 57.2 Å². The van der Waals surface area contributed by atoms with Gasteiger partial charge in [0.15, 0.2) is 27.3 Å². The first-order valence-electron chi connectivity index (χ1n) is 9.59. The minimum atomic E-state index is -0.175. The third-order valence-electron chi connectivity index (χ3n) is 4.65. The Hall–Kier alpha value is -2.71. The summed E-state index contributed by atoms with van der Waals surface area (Å²) >= 11 is 6.72. The summed E-state index contributed by atoms with van der Waals surface area (Å²) in [5.41, 5.74) is 1.49. The number of thiocarbonyl (C=S) groups is 1. The lowest BCUT2D eigenvalue weighted by Crippen LogP contribution is -2.27. The van der Waals surface area contributed by atoms with Crippen molar-refractivity contribution < 1.29 is 23.7 Å². The highest BCUT2D eigenvalue weighted by Gasteiger charge is 2.34. The molecule has 1 amide bonds. The predicted molar refractivity (Wildman–Crippen MR) is 122 cm³/mol. The molecule has 0 N–H and O–H groups in total. The molecule has 156 valence electrons. The molecule has 2 aromatic rings. The molecule has 0 spiro atoms. The van der Waals surface area contributed by atoms with Crippen LogP contribution in [-0.2, 0) is 4.79 Å². The first-order valence-corrected chi connectivity index (χ1v) is 10.8. The number of thioether (sulfide) groups is 1. The van der Waals surface area contributed by atoms with Crippen LogP contribution in [0.1, 0.15) is 25.3 Å². The summed E-state index contributed by atoms with van der Waals surface area (Å²) in [6.07, 6.45) is 3.85. The van der Waals surface area contributed by atoms with E-state index in [1.54, 1.807) is 25.3 Å². The Kier molecular flexibility index (Phi) is 6.15. The van der Waals surface area contributed by atoms with Gasteiger partial charge < -0.3 is 18.9 Å². The third-order valence-corrected chi connectivity index (χ3v) is 5.95. The van der Waals surface area contributed by atoms with Crippen molar-refractivity contribution in [2.75, 3.05) is 25.4 Å². The molecule has 30 heavy (non-hydrogen) atoms. The molecule has 8 heteroatoms. The highest BCUT2D eigenvalue weighted by molar-refractivity contribution is 8.27. The van der Waals surface area contributed by atoms with Crippen molar-refractivity contribution in [2.45, 2.75) is 19.8 Å². The van der Waals surface area contributed by atoms with Crippen molar-refractivity contribution in [1.82, 2.24) is 0 Å². The van der Waals surface area contributed by atoms with Gasteiger partial charge in [-0.3, -0.25) is 9.69 Å². The smallest absolute Gasteiger partial charge is 0.270 e. The molecule has 0 aromatic heterocycles. The van der Waals surface area contributed by atoms with E-state index >= 15 is 0 Å². The number of carbonyl (C=O) groups excluding carboxylic acids is 1. The third kappa shape index (κ3) is 4.11. The van der Waals surface area contributed by atoms with Gasteiger partial charge in [-0.05, 0) is 42.3 Å². The number of rotatable bonds is 7. The van der Waals surface area contributed by atoms with Crippen LogP contribution in [0.5, 0.6) is 23.0 Å². The molecule has 0 atom stereocenters. The lowest BCUT2D eigenvalue weighted by Gasteiger charge is -2.14. The second-order valence-corrected chi connectivity index (χ2v) is 8.34.